The smallest absolute Gasteiger partial charge is 0.274 e. The molecule has 2 atom stereocenters. The predicted molar refractivity (Wildman–Crippen MR) is 164 cm³/mol. The average molecular weight is 533 g/mol. The molecule has 3 rings (SSSR count). The van der Waals surface area contributed by atoms with Crippen LogP contribution in [-0.4, -0.2) is 18.3 Å². The molecule has 0 aromatic heterocycles. The zero-order chi connectivity index (χ0) is 28.3. The Morgan fingerprint density at radius 1 is 0.769 bits per heavy atom. The molecule has 1 heterocycles. The van der Waals surface area contributed by atoms with E-state index in [2.05, 4.69) is 63.1 Å². The van der Waals surface area contributed by atoms with Crippen LogP contribution in [0.25, 0.3) is 0 Å². The summed E-state index contributed by atoms with van der Waals surface area (Å²) in [6.45, 7) is 11.8. The van der Waals surface area contributed by atoms with Crippen LogP contribution in [0, 0.1) is 0 Å². The third kappa shape index (κ3) is 7.63. The summed E-state index contributed by atoms with van der Waals surface area (Å²) < 4.78 is 0.126. The van der Waals surface area contributed by atoms with Gasteiger partial charge in [0.15, 0.2) is 11.6 Å². The molecule has 2 unspecified atom stereocenters. The number of amidine groups is 1. The number of quaternary nitrogens is 1. The minimum atomic E-state index is -0.704. The van der Waals surface area contributed by atoms with E-state index in [4.69, 9.17) is 11.0 Å². The molecule has 0 radical (unpaired) electrons. The lowest BCUT2D eigenvalue weighted by Gasteiger charge is -2.34. The van der Waals surface area contributed by atoms with Gasteiger partial charge in [-0.3, -0.25) is 4.79 Å². The Morgan fingerprint density at radius 2 is 1.31 bits per heavy atom. The van der Waals surface area contributed by atoms with Crippen LogP contribution in [0.4, 0.5) is 5.69 Å². The molecule has 2 N–H and O–H groups in total. The first-order chi connectivity index (χ1) is 18.8. The number of benzene rings is 2. The monoisotopic (exact) mass is 532 g/mol. The fourth-order valence-corrected chi connectivity index (χ4v) is 5.81. The molecule has 212 valence electrons. The van der Waals surface area contributed by atoms with E-state index >= 15 is 0 Å². The molecular weight excluding hydrogens is 482 g/mol. The van der Waals surface area contributed by atoms with Gasteiger partial charge < -0.3 is 5.73 Å². The zero-order valence-electron chi connectivity index (χ0n) is 24.9. The van der Waals surface area contributed by atoms with Crippen LogP contribution < -0.4 is 10.3 Å². The molecule has 0 spiro atoms. The van der Waals surface area contributed by atoms with Gasteiger partial charge in [0, 0.05) is 16.4 Å². The number of para-hydroxylation sites is 1. The Morgan fingerprint density at radius 3 is 1.82 bits per heavy atom. The maximum Gasteiger partial charge on any atom is 0.274 e. The molecule has 2 aromatic carbocycles. The first-order valence-electron chi connectivity index (χ1n) is 15.2. The van der Waals surface area contributed by atoms with Gasteiger partial charge in [-0.05, 0) is 30.2 Å². The van der Waals surface area contributed by atoms with E-state index < -0.39 is 11.8 Å². The van der Waals surface area contributed by atoms with Crippen molar-refractivity contribution in [2.24, 2.45) is 21.3 Å². The minimum absolute atomic E-state index is 0.126. The van der Waals surface area contributed by atoms with Crippen LogP contribution in [0.5, 0.6) is 0 Å². The molecule has 0 saturated heterocycles. The summed E-state index contributed by atoms with van der Waals surface area (Å²) in [7, 11) is 0. The number of nitrogens with zero attached hydrogens (tertiary/aromatic N) is 4. The molecule has 0 aliphatic carbocycles. The SMILES string of the molecule is CCCCCCCCCCCC[N+]1(c2c(C(C)C)cccc2C(C)C)N=NN=C1C(C(N)=O)c1ccccc1. The van der Waals surface area contributed by atoms with Gasteiger partial charge in [0.25, 0.3) is 5.84 Å². The number of rotatable bonds is 17. The number of hydrogen-bond acceptors (Lipinski definition) is 4. The van der Waals surface area contributed by atoms with Crippen LogP contribution >= 0.6 is 0 Å². The van der Waals surface area contributed by atoms with E-state index in [1.165, 1.54) is 62.5 Å². The van der Waals surface area contributed by atoms with E-state index in [-0.39, 0.29) is 16.4 Å². The van der Waals surface area contributed by atoms with Gasteiger partial charge in [0.2, 0.25) is 5.91 Å². The van der Waals surface area contributed by atoms with E-state index in [9.17, 15) is 4.79 Å². The van der Waals surface area contributed by atoms with Crippen molar-refractivity contribution in [2.45, 2.75) is 117 Å². The molecule has 6 nitrogen and oxygen atoms in total. The van der Waals surface area contributed by atoms with Crippen LogP contribution in [0.2, 0.25) is 0 Å². The maximum absolute atomic E-state index is 13.0. The second-order valence-electron chi connectivity index (χ2n) is 11.7. The van der Waals surface area contributed by atoms with E-state index in [1.54, 1.807) is 0 Å². The third-order valence-electron chi connectivity index (χ3n) is 7.94. The van der Waals surface area contributed by atoms with E-state index in [0.29, 0.717) is 12.4 Å². The Bertz CT molecular complexity index is 1080. The maximum atomic E-state index is 13.0. The molecule has 2 aromatic rings. The molecule has 39 heavy (non-hydrogen) atoms. The standard InChI is InChI=1S/C33H49N5O/c1-6-7-8-9-10-11-12-13-14-18-24-38(31-28(25(2)3)22-19-23-29(31)26(4)5)33(35-36-37-38)30(32(34)39)27-20-16-15-17-21-27/h15-17,19-23,25-26,30H,6-14,18,24H2,1-5H3,(H-,34,39)/p+1. The minimum Gasteiger partial charge on any atom is -0.369 e. The van der Waals surface area contributed by atoms with Gasteiger partial charge in [-0.15, -0.1) is 0 Å². The largest absolute Gasteiger partial charge is 0.369 e. The highest BCUT2D eigenvalue weighted by atomic mass is 16.1. The summed E-state index contributed by atoms with van der Waals surface area (Å²) in [6.07, 6.45) is 12.6. The van der Waals surface area contributed by atoms with Crippen molar-refractivity contribution >= 4 is 17.4 Å². The molecule has 0 saturated carbocycles. The Kier molecular flexibility index (Phi) is 11.9. The summed E-state index contributed by atoms with van der Waals surface area (Å²) in [4.78, 5) is 13.0. The van der Waals surface area contributed by atoms with Crippen LogP contribution in [0.3, 0.4) is 0 Å². The highest BCUT2D eigenvalue weighted by Gasteiger charge is 2.51. The number of hydrogen-bond donors (Lipinski definition) is 1. The summed E-state index contributed by atoms with van der Waals surface area (Å²) in [5, 5.41) is 13.7. The van der Waals surface area contributed by atoms with Crippen molar-refractivity contribution in [1.82, 2.24) is 4.59 Å². The first kappa shape index (κ1) is 30.7. The van der Waals surface area contributed by atoms with Crippen LogP contribution in [-0.2, 0) is 4.79 Å². The molecule has 6 heteroatoms. The Hall–Kier alpha value is -2.86. The van der Waals surface area contributed by atoms with Crippen molar-refractivity contribution in [1.29, 1.82) is 0 Å². The lowest BCUT2D eigenvalue weighted by molar-refractivity contribution is -0.118. The zero-order valence-corrected chi connectivity index (χ0v) is 24.9. The highest BCUT2D eigenvalue weighted by Crippen LogP contribution is 2.44. The highest BCUT2D eigenvalue weighted by molar-refractivity contribution is 6.12. The lowest BCUT2D eigenvalue weighted by atomic mass is 9.89. The normalized spacial score (nSPS) is 17.7. The van der Waals surface area contributed by atoms with Crippen LogP contribution in [0.15, 0.2) is 64.1 Å². The quantitative estimate of drug-likeness (QED) is 0.160. The molecule has 1 amide bonds. The van der Waals surface area contributed by atoms with Crippen molar-refractivity contribution in [3.8, 4) is 0 Å². The topological polar surface area (TPSA) is 80.2 Å². The molecule has 0 bridgehead atoms. The number of nitrogens with two attached hydrogens (primary N) is 1. The van der Waals surface area contributed by atoms with E-state index in [1.807, 2.05) is 30.3 Å². The van der Waals surface area contributed by atoms with Crippen molar-refractivity contribution < 1.29 is 4.79 Å². The second-order valence-corrected chi connectivity index (χ2v) is 11.7. The van der Waals surface area contributed by atoms with Crippen molar-refractivity contribution in [3.05, 3.63) is 65.2 Å². The first-order valence-corrected chi connectivity index (χ1v) is 15.2. The lowest BCUT2D eigenvalue weighted by Crippen LogP contribution is -2.54. The van der Waals surface area contributed by atoms with Gasteiger partial charge in [0.05, 0.1) is 5.22 Å². The molecular formula is C33H50N5O+. The van der Waals surface area contributed by atoms with E-state index in [0.717, 1.165) is 24.1 Å². The van der Waals surface area contributed by atoms with Crippen LogP contribution in [0.1, 0.15) is 133 Å². The predicted octanol–water partition coefficient (Wildman–Crippen LogP) is 9.13. The third-order valence-corrected chi connectivity index (χ3v) is 7.94. The van der Waals surface area contributed by atoms with Gasteiger partial charge in [-0.1, -0.05) is 144 Å². The second kappa shape index (κ2) is 15.1. The Balaban J connectivity index is 1.94. The molecule has 1 aliphatic heterocycles. The summed E-state index contributed by atoms with van der Waals surface area (Å²) >= 11 is 0. The number of primary amides is 1. The van der Waals surface area contributed by atoms with Gasteiger partial charge in [-0.2, -0.15) is 0 Å². The molecule has 0 fully saturated rings. The Labute approximate surface area is 236 Å². The number of carbonyl (C=O) groups is 1. The fourth-order valence-electron chi connectivity index (χ4n) is 5.81. The summed E-state index contributed by atoms with van der Waals surface area (Å²) in [5.41, 5.74) is 10.5. The van der Waals surface area contributed by atoms with Gasteiger partial charge in [-0.25, -0.2) is 0 Å². The number of carbonyl (C=O) groups excluding carboxylic acids is 1. The van der Waals surface area contributed by atoms with Gasteiger partial charge in [0.1, 0.15) is 6.54 Å². The average Bonchev–Trinajstić information content (AvgIpc) is 3.33. The summed E-state index contributed by atoms with van der Waals surface area (Å²) in [6, 6.07) is 16.2. The van der Waals surface area contributed by atoms with Crippen molar-refractivity contribution in [3.63, 3.8) is 0 Å². The van der Waals surface area contributed by atoms with Crippen molar-refractivity contribution in [2.75, 3.05) is 6.54 Å². The summed E-state index contributed by atoms with van der Waals surface area (Å²) in [5.74, 6) is 0.0412. The molecule has 1 aliphatic rings. The fraction of sp³-hybridized carbons (Fsp3) is 0.576. The number of unbranched alkanes of at least 4 members (excludes halogenated alkanes) is 9. The van der Waals surface area contributed by atoms with Gasteiger partial charge >= 0.3 is 0 Å². The number of amides is 1.